The van der Waals surface area contributed by atoms with Gasteiger partial charge in [-0.05, 0) is 61.7 Å². The maximum Gasteiger partial charge on any atom is 0.327 e. The van der Waals surface area contributed by atoms with Crippen LogP contribution in [-0.4, -0.2) is 72.5 Å². The topological polar surface area (TPSA) is 138 Å². The fourth-order valence-corrected chi connectivity index (χ4v) is 7.52. The number of rotatable bonds is 8. The van der Waals surface area contributed by atoms with Crippen molar-refractivity contribution in [3.8, 4) is 11.5 Å². The highest BCUT2D eigenvalue weighted by molar-refractivity contribution is 8.01. The zero-order valence-electron chi connectivity index (χ0n) is 24.8. The van der Waals surface area contributed by atoms with Gasteiger partial charge in [0.15, 0.2) is 9.84 Å². The smallest absolute Gasteiger partial charge is 0.327 e. The predicted molar refractivity (Wildman–Crippen MR) is 172 cm³/mol. The third-order valence-electron chi connectivity index (χ3n) is 7.89. The molecular formula is C32H33N5O6S2. The molecule has 0 bridgehead atoms. The fraction of sp³-hybridized carbons (Fsp3) is 0.312. The Morgan fingerprint density at radius 3 is 2.69 bits per heavy atom. The molecule has 11 nitrogen and oxygen atoms in total. The van der Waals surface area contributed by atoms with E-state index in [4.69, 9.17) is 4.74 Å². The molecule has 2 N–H and O–H groups in total. The van der Waals surface area contributed by atoms with Gasteiger partial charge in [0.05, 0.1) is 23.2 Å². The monoisotopic (exact) mass is 647 g/mol. The molecular weight excluding hydrogens is 615 g/mol. The second-order valence-electron chi connectivity index (χ2n) is 11.3. The van der Waals surface area contributed by atoms with Gasteiger partial charge >= 0.3 is 6.03 Å². The second-order valence-corrected chi connectivity index (χ2v) is 14.7. The predicted octanol–water partition coefficient (Wildman–Crippen LogP) is 4.27. The van der Waals surface area contributed by atoms with Crippen LogP contribution in [0.15, 0.2) is 78.0 Å². The molecule has 6 rings (SSSR count). The number of benzene rings is 2. The number of urea groups is 1. The lowest BCUT2D eigenvalue weighted by atomic mass is 9.98. The third-order valence-corrected chi connectivity index (χ3v) is 9.98. The number of thioether (sulfide) groups is 1. The van der Waals surface area contributed by atoms with Gasteiger partial charge in [0.2, 0.25) is 11.8 Å². The molecule has 3 atom stereocenters. The molecule has 2 unspecified atom stereocenters. The Labute approximate surface area is 265 Å². The van der Waals surface area contributed by atoms with Crippen molar-refractivity contribution in [2.75, 3.05) is 30.0 Å². The van der Waals surface area contributed by atoms with E-state index in [1.54, 1.807) is 22.1 Å². The molecule has 3 aromatic rings. The number of para-hydroxylation sites is 1. The SMILES string of the molecule is Cc1cc(Oc2ccccc2)ccc1N1C(=O)NC2c3c1ccnc3S[C@H]2C(=O)NC1CCCN(C(=O)/C=C/CS(C)(=O)=O)C1. The van der Waals surface area contributed by atoms with Crippen molar-refractivity contribution in [1.29, 1.82) is 0 Å². The summed E-state index contributed by atoms with van der Waals surface area (Å²) in [6, 6.07) is 15.6. The van der Waals surface area contributed by atoms with Crippen molar-refractivity contribution in [3.63, 3.8) is 0 Å². The molecule has 1 saturated heterocycles. The number of carbonyl (C=O) groups is 3. The first-order chi connectivity index (χ1) is 21.6. The van der Waals surface area contributed by atoms with E-state index in [2.05, 4.69) is 15.6 Å². The van der Waals surface area contributed by atoms with E-state index in [9.17, 15) is 22.8 Å². The molecule has 1 fully saturated rings. The molecule has 0 spiro atoms. The van der Waals surface area contributed by atoms with E-state index in [0.29, 0.717) is 53.8 Å². The number of sulfone groups is 1. The number of pyridine rings is 1. The lowest BCUT2D eigenvalue weighted by Crippen LogP contribution is -2.53. The maximum absolute atomic E-state index is 13.6. The zero-order chi connectivity index (χ0) is 31.7. The van der Waals surface area contributed by atoms with E-state index in [1.165, 1.54) is 23.9 Å². The van der Waals surface area contributed by atoms with Crippen LogP contribution in [0.3, 0.4) is 0 Å². The van der Waals surface area contributed by atoms with Crippen LogP contribution in [-0.2, 0) is 19.4 Å². The lowest BCUT2D eigenvalue weighted by molar-refractivity contribution is -0.129. The van der Waals surface area contributed by atoms with Crippen LogP contribution >= 0.6 is 11.8 Å². The number of aryl methyl sites for hydroxylation is 1. The molecule has 3 aliphatic heterocycles. The Morgan fingerprint density at radius 2 is 1.93 bits per heavy atom. The number of piperidine rings is 1. The molecule has 4 heterocycles. The van der Waals surface area contributed by atoms with Gasteiger partial charge in [-0.25, -0.2) is 18.2 Å². The van der Waals surface area contributed by atoms with Crippen LogP contribution < -0.4 is 20.3 Å². The number of hydrogen-bond donors (Lipinski definition) is 2. The number of hydrogen-bond acceptors (Lipinski definition) is 8. The first kappa shape index (κ1) is 30.7. The number of carbonyl (C=O) groups excluding carboxylic acids is 3. The number of likely N-dealkylation sites (tertiary alicyclic amines) is 1. The lowest BCUT2D eigenvalue weighted by Gasteiger charge is -2.36. The highest BCUT2D eigenvalue weighted by atomic mass is 32.2. The molecule has 0 aliphatic carbocycles. The Morgan fingerprint density at radius 1 is 1.13 bits per heavy atom. The van der Waals surface area contributed by atoms with Gasteiger partial charge in [-0.15, -0.1) is 0 Å². The number of amides is 4. The van der Waals surface area contributed by atoms with Gasteiger partial charge in [0.1, 0.15) is 21.8 Å². The normalized spacial score (nSPS) is 20.9. The first-order valence-corrected chi connectivity index (χ1v) is 17.5. The molecule has 234 valence electrons. The van der Waals surface area contributed by atoms with Crippen molar-refractivity contribution in [3.05, 3.63) is 84.1 Å². The summed E-state index contributed by atoms with van der Waals surface area (Å²) in [5.41, 5.74) is 3.00. The number of aromatic nitrogens is 1. The molecule has 3 aliphatic rings. The summed E-state index contributed by atoms with van der Waals surface area (Å²) in [5, 5.41) is 6.17. The summed E-state index contributed by atoms with van der Waals surface area (Å²) in [7, 11) is -3.21. The summed E-state index contributed by atoms with van der Waals surface area (Å²) < 4.78 is 28.7. The average molecular weight is 648 g/mol. The van der Waals surface area contributed by atoms with Crippen molar-refractivity contribution >= 4 is 50.8 Å². The van der Waals surface area contributed by atoms with Gasteiger partial charge in [-0.3, -0.25) is 14.5 Å². The maximum atomic E-state index is 13.6. The van der Waals surface area contributed by atoms with E-state index < -0.39 is 21.1 Å². The van der Waals surface area contributed by atoms with E-state index in [0.717, 1.165) is 17.4 Å². The summed E-state index contributed by atoms with van der Waals surface area (Å²) >= 11 is 1.31. The number of nitrogens with zero attached hydrogens (tertiary/aromatic N) is 3. The van der Waals surface area contributed by atoms with Gasteiger partial charge < -0.3 is 20.3 Å². The van der Waals surface area contributed by atoms with Crippen LogP contribution in [0, 0.1) is 6.92 Å². The standard InChI is InChI=1S/C32H33N5O6S2/c1-20-18-23(43-22-9-4-3-5-10-22)12-13-24(20)37-25-14-15-33-31-27(25)28(35-32(37)40)29(44-31)30(39)34-21-8-6-16-36(19-21)26(38)11-7-17-45(2,41)42/h3-5,7,9-15,18,21,28-29H,6,8,16-17,19H2,1-2H3,(H,34,39)(H,35,40)/b11-7+/t21?,28?,29-/m1/s1. The quantitative estimate of drug-likeness (QED) is 0.346. The van der Waals surface area contributed by atoms with Crippen LogP contribution in [0.2, 0.25) is 0 Å². The third kappa shape index (κ3) is 6.69. The molecule has 0 radical (unpaired) electrons. The average Bonchev–Trinajstić information content (AvgIpc) is 3.37. The van der Waals surface area contributed by atoms with Crippen molar-refractivity contribution in [1.82, 2.24) is 20.5 Å². The molecule has 2 aromatic carbocycles. The number of ether oxygens (including phenoxy) is 1. The largest absolute Gasteiger partial charge is 0.457 e. The highest BCUT2D eigenvalue weighted by Crippen LogP contribution is 2.51. The van der Waals surface area contributed by atoms with Crippen LogP contribution in [0.25, 0.3) is 0 Å². The van der Waals surface area contributed by atoms with E-state index in [-0.39, 0.29) is 29.6 Å². The fourth-order valence-electron chi connectivity index (χ4n) is 5.84. The molecule has 1 aromatic heterocycles. The summed E-state index contributed by atoms with van der Waals surface area (Å²) in [4.78, 5) is 47.6. The molecule has 45 heavy (non-hydrogen) atoms. The Balaban J connectivity index is 1.16. The van der Waals surface area contributed by atoms with Crippen LogP contribution in [0.5, 0.6) is 11.5 Å². The molecule has 13 heteroatoms. The summed E-state index contributed by atoms with van der Waals surface area (Å²) in [5.74, 6) is 0.626. The van der Waals surface area contributed by atoms with Crippen molar-refractivity contribution < 1.29 is 27.5 Å². The minimum atomic E-state index is -3.21. The van der Waals surface area contributed by atoms with E-state index >= 15 is 0 Å². The summed E-state index contributed by atoms with van der Waals surface area (Å²) in [6.45, 7) is 2.76. The minimum Gasteiger partial charge on any atom is -0.457 e. The van der Waals surface area contributed by atoms with Gasteiger partial charge in [0.25, 0.3) is 0 Å². The summed E-state index contributed by atoms with van der Waals surface area (Å²) in [6.07, 6.45) is 6.78. The van der Waals surface area contributed by atoms with Crippen molar-refractivity contribution in [2.24, 2.45) is 0 Å². The van der Waals surface area contributed by atoms with Gasteiger partial charge in [-0.2, -0.15) is 0 Å². The Bertz CT molecular complexity index is 1780. The minimum absolute atomic E-state index is 0.208. The number of anilines is 2. The van der Waals surface area contributed by atoms with Gasteiger partial charge in [-0.1, -0.05) is 36.0 Å². The van der Waals surface area contributed by atoms with Gasteiger partial charge in [0, 0.05) is 43.2 Å². The molecule has 4 amide bonds. The van der Waals surface area contributed by atoms with Crippen LogP contribution in [0.4, 0.5) is 16.2 Å². The van der Waals surface area contributed by atoms with Crippen LogP contribution in [0.1, 0.15) is 30.0 Å². The first-order valence-electron chi connectivity index (χ1n) is 14.6. The second kappa shape index (κ2) is 12.6. The highest BCUT2D eigenvalue weighted by Gasteiger charge is 2.47. The number of nitrogens with one attached hydrogen (secondary N) is 2. The molecule has 0 saturated carbocycles. The zero-order valence-corrected chi connectivity index (χ0v) is 26.4. The van der Waals surface area contributed by atoms with Crippen molar-refractivity contribution in [2.45, 2.75) is 42.1 Å². The Kier molecular flexibility index (Phi) is 8.56. The Hall–Kier alpha value is -4.36. The van der Waals surface area contributed by atoms with E-state index in [1.807, 2.05) is 55.5 Å².